The van der Waals surface area contributed by atoms with Crippen LogP contribution in [0, 0.1) is 23.7 Å². The van der Waals surface area contributed by atoms with Crippen LogP contribution in [-0.4, -0.2) is 25.0 Å². The van der Waals surface area contributed by atoms with Gasteiger partial charge in [-0.1, -0.05) is 0 Å². The number of carbonyl (C=O) groups is 1. The molecular formula is C14H24N2O. The van der Waals surface area contributed by atoms with E-state index in [1.165, 1.54) is 32.1 Å². The van der Waals surface area contributed by atoms with Crippen LogP contribution < -0.4 is 10.6 Å². The van der Waals surface area contributed by atoms with Crippen LogP contribution in [0.4, 0.5) is 0 Å². The molecule has 0 aromatic heterocycles. The zero-order chi connectivity index (χ0) is 11.8. The quantitative estimate of drug-likeness (QED) is 0.727. The predicted molar refractivity (Wildman–Crippen MR) is 67.5 cm³/mol. The molecule has 0 unspecified atom stereocenters. The molecule has 17 heavy (non-hydrogen) atoms. The topological polar surface area (TPSA) is 41.1 Å². The summed E-state index contributed by atoms with van der Waals surface area (Å²) < 4.78 is 0. The molecule has 1 amide bonds. The first-order valence-electron chi connectivity index (χ1n) is 7.20. The van der Waals surface area contributed by atoms with Gasteiger partial charge < -0.3 is 10.6 Å². The number of amides is 1. The number of nitrogens with one attached hydrogen (secondary N) is 2. The van der Waals surface area contributed by atoms with Gasteiger partial charge in [0.25, 0.3) is 0 Å². The van der Waals surface area contributed by atoms with E-state index in [0.717, 1.165) is 42.8 Å². The Balaban J connectivity index is 1.49. The Bertz CT molecular complexity index is 275. The number of hydrogen-bond donors (Lipinski definition) is 2. The second kappa shape index (κ2) is 4.60. The maximum atomic E-state index is 10.8. The maximum absolute atomic E-state index is 10.8. The fourth-order valence-electron chi connectivity index (χ4n) is 4.74. The lowest BCUT2D eigenvalue weighted by Gasteiger charge is -2.54. The third-order valence-electron chi connectivity index (χ3n) is 5.11. The van der Waals surface area contributed by atoms with Crippen LogP contribution >= 0.6 is 0 Å². The summed E-state index contributed by atoms with van der Waals surface area (Å²) in [4.78, 5) is 10.8. The molecule has 0 heterocycles. The molecular weight excluding hydrogens is 212 g/mol. The van der Waals surface area contributed by atoms with Crippen LogP contribution in [0.15, 0.2) is 0 Å². The smallest absolute Gasteiger partial charge is 0.216 e. The highest BCUT2D eigenvalue weighted by Gasteiger charge is 2.47. The van der Waals surface area contributed by atoms with Gasteiger partial charge in [-0.25, -0.2) is 0 Å². The summed E-state index contributed by atoms with van der Waals surface area (Å²) in [7, 11) is 0. The van der Waals surface area contributed by atoms with Gasteiger partial charge in [-0.3, -0.25) is 4.79 Å². The highest BCUT2D eigenvalue weighted by atomic mass is 16.1. The van der Waals surface area contributed by atoms with Crippen molar-refractivity contribution in [3.05, 3.63) is 0 Å². The highest BCUT2D eigenvalue weighted by molar-refractivity contribution is 5.72. The van der Waals surface area contributed by atoms with Gasteiger partial charge in [-0.2, -0.15) is 0 Å². The van der Waals surface area contributed by atoms with Crippen molar-refractivity contribution in [1.29, 1.82) is 0 Å². The van der Waals surface area contributed by atoms with Gasteiger partial charge in [-0.15, -0.1) is 0 Å². The Morgan fingerprint density at radius 3 is 2.12 bits per heavy atom. The predicted octanol–water partition coefficient (Wildman–Crippen LogP) is 1.54. The minimum Gasteiger partial charge on any atom is -0.355 e. The minimum absolute atomic E-state index is 0.0804. The molecule has 0 aromatic rings. The van der Waals surface area contributed by atoms with E-state index in [-0.39, 0.29) is 5.91 Å². The Kier molecular flexibility index (Phi) is 3.12. The average molecular weight is 236 g/mol. The average Bonchev–Trinajstić information content (AvgIpc) is 2.25. The first-order chi connectivity index (χ1) is 8.22. The van der Waals surface area contributed by atoms with Crippen molar-refractivity contribution < 1.29 is 4.79 Å². The molecule has 4 fully saturated rings. The third-order valence-corrected chi connectivity index (χ3v) is 5.11. The first kappa shape index (κ1) is 11.5. The van der Waals surface area contributed by atoms with Crippen molar-refractivity contribution in [1.82, 2.24) is 10.6 Å². The maximum Gasteiger partial charge on any atom is 0.216 e. The monoisotopic (exact) mass is 236 g/mol. The molecule has 4 bridgehead atoms. The molecule has 96 valence electrons. The second-order valence-electron chi connectivity index (χ2n) is 6.39. The van der Waals surface area contributed by atoms with Crippen molar-refractivity contribution >= 4 is 5.91 Å². The zero-order valence-corrected chi connectivity index (χ0v) is 10.7. The van der Waals surface area contributed by atoms with E-state index >= 15 is 0 Å². The van der Waals surface area contributed by atoms with Gasteiger partial charge in [0.1, 0.15) is 0 Å². The Morgan fingerprint density at radius 1 is 1.00 bits per heavy atom. The molecule has 3 nitrogen and oxygen atoms in total. The SMILES string of the molecule is CC(=O)NCCNC1C2CC3CC(C2)CC1C3. The van der Waals surface area contributed by atoms with E-state index in [9.17, 15) is 4.79 Å². The summed E-state index contributed by atoms with van der Waals surface area (Å²) in [6.45, 7) is 3.30. The lowest BCUT2D eigenvalue weighted by Crippen LogP contribution is -2.55. The van der Waals surface area contributed by atoms with Crippen molar-refractivity contribution in [3.8, 4) is 0 Å². The van der Waals surface area contributed by atoms with Crippen molar-refractivity contribution in [3.63, 3.8) is 0 Å². The summed E-state index contributed by atoms with van der Waals surface area (Å²) in [6.07, 6.45) is 7.37. The van der Waals surface area contributed by atoms with Gasteiger partial charge in [0, 0.05) is 26.1 Å². The van der Waals surface area contributed by atoms with E-state index in [0.29, 0.717) is 0 Å². The molecule has 4 aliphatic rings. The van der Waals surface area contributed by atoms with Gasteiger partial charge in [0.05, 0.1) is 0 Å². The first-order valence-corrected chi connectivity index (χ1v) is 7.20. The summed E-state index contributed by atoms with van der Waals surface area (Å²) in [5.74, 6) is 4.04. The fraction of sp³-hybridized carbons (Fsp3) is 0.929. The molecule has 4 saturated carbocycles. The largest absolute Gasteiger partial charge is 0.355 e. The summed E-state index contributed by atoms with van der Waals surface area (Å²) in [6, 6.07) is 0.747. The van der Waals surface area contributed by atoms with E-state index in [1.807, 2.05) is 0 Å². The molecule has 0 aliphatic heterocycles. The molecule has 0 spiro atoms. The normalized spacial score (nSPS) is 42.8. The van der Waals surface area contributed by atoms with E-state index in [2.05, 4.69) is 10.6 Å². The molecule has 0 atom stereocenters. The molecule has 0 aromatic carbocycles. The molecule has 4 rings (SSSR count). The summed E-state index contributed by atoms with van der Waals surface area (Å²) in [5.41, 5.74) is 0. The van der Waals surface area contributed by atoms with Crippen LogP contribution in [0.25, 0.3) is 0 Å². The van der Waals surface area contributed by atoms with Crippen LogP contribution in [0.2, 0.25) is 0 Å². The van der Waals surface area contributed by atoms with E-state index < -0.39 is 0 Å². The summed E-state index contributed by atoms with van der Waals surface area (Å²) in [5, 5.41) is 6.57. The fourth-order valence-corrected chi connectivity index (χ4v) is 4.74. The second-order valence-corrected chi connectivity index (χ2v) is 6.39. The van der Waals surface area contributed by atoms with Crippen molar-refractivity contribution in [2.24, 2.45) is 23.7 Å². The highest BCUT2D eigenvalue weighted by Crippen LogP contribution is 2.53. The van der Waals surface area contributed by atoms with Crippen molar-refractivity contribution in [2.75, 3.05) is 13.1 Å². The molecule has 4 aliphatic carbocycles. The Hall–Kier alpha value is -0.570. The Labute approximate surface area is 104 Å². The summed E-state index contributed by atoms with van der Waals surface area (Å²) >= 11 is 0. The third kappa shape index (κ3) is 2.35. The van der Waals surface area contributed by atoms with Crippen molar-refractivity contribution in [2.45, 2.75) is 45.1 Å². The molecule has 0 saturated heterocycles. The van der Waals surface area contributed by atoms with Gasteiger partial charge in [0.15, 0.2) is 0 Å². The molecule has 2 N–H and O–H groups in total. The lowest BCUT2D eigenvalue weighted by molar-refractivity contribution is -0.118. The Morgan fingerprint density at radius 2 is 1.59 bits per heavy atom. The zero-order valence-electron chi connectivity index (χ0n) is 10.7. The number of hydrogen-bond acceptors (Lipinski definition) is 2. The van der Waals surface area contributed by atoms with Gasteiger partial charge in [0.2, 0.25) is 5.91 Å². The number of carbonyl (C=O) groups excluding carboxylic acids is 1. The van der Waals surface area contributed by atoms with E-state index in [1.54, 1.807) is 6.92 Å². The molecule has 3 heteroatoms. The standard InChI is InChI=1S/C14H24N2O/c1-9(17)15-2-3-16-14-12-5-10-4-11(7-12)8-13(14)6-10/h10-14,16H,2-8H2,1H3,(H,15,17). The van der Waals surface area contributed by atoms with Gasteiger partial charge in [-0.05, 0) is 55.8 Å². The van der Waals surface area contributed by atoms with Crippen LogP contribution in [0.3, 0.4) is 0 Å². The van der Waals surface area contributed by atoms with Gasteiger partial charge >= 0.3 is 0 Å². The van der Waals surface area contributed by atoms with Crippen LogP contribution in [0.1, 0.15) is 39.0 Å². The molecule has 0 radical (unpaired) electrons. The van der Waals surface area contributed by atoms with Crippen LogP contribution in [0.5, 0.6) is 0 Å². The lowest BCUT2D eigenvalue weighted by atomic mass is 9.54. The van der Waals surface area contributed by atoms with Crippen LogP contribution in [-0.2, 0) is 4.79 Å². The van der Waals surface area contributed by atoms with E-state index in [4.69, 9.17) is 0 Å². The minimum atomic E-state index is 0.0804. The number of rotatable bonds is 4.